The lowest BCUT2D eigenvalue weighted by atomic mass is 10.3. The summed E-state index contributed by atoms with van der Waals surface area (Å²) >= 11 is 1.09. The lowest BCUT2D eigenvalue weighted by Gasteiger charge is -1.97. The van der Waals surface area contributed by atoms with Crippen molar-refractivity contribution in [2.45, 2.75) is 0 Å². The molecule has 18 heavy (non-hydrogen) atoms. The highest BCUT2D eigenvalue weighted by Gasteiger charge is 2.12. The second-order valence-corrected chi connectivity index (χ2v) is 3.86. The Morgan fingerprint density at radius 3 is 2.89 bits per heavy atom. The first kappa shape index (κ1) is 10.8. The Labute approximate surface area is 106 Å². The first-order valence-corrected chi connectivity index (χ1v) is 5.72. The molecule has 0 atom stereocenters. The largest absolute Gasteiger partial charge is 0.481 e. The van der Waals surface area contributed by atoms with Crippen LogP contribution in [0.25, 0.3) is 23.0 Å². The van der Waals surface area contributed by atoms with E-state index in [4.69, 9.17) is 9.26 Å². The first-order valence-electron chi connectivity index (χ1n) is 4.99. The topological polar surface area (TPSA) is 86.8 Å². The maximum Gasteiger partial charge on any atom is 0.279 e. The van der Waals surface area contributed by atoms with Crippen molar-refractivity contribution >= 4 is 11.7 Å². The van der Waals surface area contributed by atoms with Gasteiger partial charge in [0.15, 0.2) is 5.69 Å². The van der Waals surface area contributed by atoms with E-state index < -0.39 is 0 Å². The summed E-state index contributed by atoms with van der Waals surface area (Å²) in [5.74, 6) is 1.33. The molecule has 0 aliphatic carbocycles. The van der Waals surface area contributed by atoms with Crippen LogP contribution in [0.4, 0.5) is 0 Å². The molecule has 0 fully saturated rings. The van der Waals surface area contributed by atoms with Crippen molar-refractivity contribution in [3.05, 3.63) is 24.5 Å². The Kier molecular flexibility index (Phi) is 2.69. The number of aromatic nitrogens is 5. The molecule has 3 rings (SSSR count). The molecule has 0 aliphatic heterocycles. The monoisotopic (exact) mass is 261 g/mol. The third kappa shape index (κ3) is 1.93. The minimum atomic E-state index is 0.342. The predicted octanol–water partition coefficient (Wildman–Crippen LogP) is 1.66. The Hall–Kier alpha value is -2.35. The van der Waals surface area contributed by atoms with Gasteiger partial charge in [0.1, 0.15) is 0 Å². The fourth-order valence-corrected chi connectivity index (χ4v) is 1.74. The summed E-state index contributed by atoms with van der Waals surface area (Å²) in [5, 5.41) is 3.87. The Balaban J connectivity index is 1.92. The van der Waals surface area contributed by atoms with E-state index in [1.165, 1.54) is 0 Å². The molecule has 3 aromatic rings. The van der Waals surface area contributed by atoms with E-state index in [0.29, 0.717) is 23.3 Å². The van der Waals surface area contributed by atoms with Crippen molar-refractivity contribution in [1.29, 1.82) is 0 Å². The van der Waals surface area contributed by atoms with E-state index in [0.717, 1.165) is 17.3 Å². The second-order valence-electron chi connectivity index (χ2n) is 3.31. The molecule has 0 bridgehead atoms. The number of ether oxygens (including phenoxy) is 1. The number of pyridine rings is 1. The number of nitrogens with zero attached hydrogens (tertiary/aromatic N) is 5. The van der Waals surface area contributed by atoms with Gasteiger partial charge in [-0.05, 0) is 6.07 Å². The van der Waals surface area contributed by atoms with Gasteiger partial charge in [-0.2, -0.15) is 13.7 Å². The molecule has 3 heterocycles. The van der Waals surface area contributed by atoms with Gasteiger partial charge >= 0.3 is 0 Å². The average molecular weight is 261 g/mol. The molecule has 0 saturated heterocycles. The zero-order chi connectivity index (χ0) is 12.4. The summed E-state index contributed by atoms with van der Waals surface area (Å²) in [7, 11) is 1.56. The van der Waals surface area contributed by atoms with Crippen LogP contribution < -0.4 is 4.74 Å². The van der Waals surface area contributed by atoms with Crippen LogP contribution in [0.15, 0.2) is 29.0 Å². The van der Waals surface area contributed by atoms with Crippen LogP contribution in [0.1, 0.15) is 0 Å². The summed E-state index contributed by atoms with van der Waals surface area (Å²) in [6.45, 7) is 0. The van der Waals surface area contributed by atoms with Crippen LogP contribution in [-0.4, -0.2) is 31.0 Å². The highest BCUT2D eigenvalue weighted by molar-refractivity contribution is 6.99. The standard InChI is InChI=1S/C10H7N5O2S/c1-16-8-3-2-6(4-11-8)9-13-10(17-14-9)7-5-12-18-15-7/h2-5H,1H3. The van der Waals surface area contributed by atoms with Crippen molar-refractivity contribution < 1.29 is 9.26 Å². The molecule has 0 N–H and O–H groups in total. The van der Waals surface area contributed by atoms with Gasteiger partial charge in [-0.25, -0.2) is 4.98 Å². The van der Waals surface area contributed by atoms with Gasteiger partial charge in [-0.3, -0.25) is 0 Å². The molecule has 0 radical (unpaired) electrons. The molecule has 3 aromatic heterocycles. The third-order valence-electron chi connectivity index (χ3n) is 2.21. The lowest BCUT2D eigenvalue weighted by Crippen LogP contribution is -1.88. The van der Waals surface area contributed by atoms with E-state index in [1.807, 2.05) is 0 Å². The van der Waals surface area contributed by atoms with Crippen LogP contribution in [0, 0.1) is 0 Å². The van der Waals surface area contributed by atoms with Crippen LogP contribution in [0.5, 0.6) is 5.88 Å². The summed E-state index contributed by atoms with van der Waals surface area (Å²) in [4.78, 5) is 8.30. The molecule has 0 spiro atoms. The smallest absolute Gasteiger partial charge is 0.279 e. The molecular formula is C10H7N5O2S. The first-order chi connectivity index (χ1) is 8.86. The highest BCUT2D eigenvalue weighted by atomic mass is 32.1. The molecule has 8 heteroatoms. The molecule has 90 valence electrons. The molecule has 7 nitrogen and oxygen atoms in total. The van der Waals surface area contributed by atoms with Crippen LogP contribution in [0.2, 0.25) is 0 Å². The van der Waals surface area contributed by atoms with Gasteiger partial charge in [0.25, 0.3) is 5.89 Å². The van der Waals surface area contributed by atoms with Crippen molar-refractivity contribution in [2.24, 2.45) is 0 Å². The Morgan fingerprint density at radius 2 is 2.22 bits per heavy atom. The van der Waals surface area contributed by atoms with E-state index in [-0.39, 0.29) is 0 Å². The molecule has 0 unspecified atom stereocenters. The molecule has 0 saturated carbocycles. The van der Waals surface area contributed by atoms with Gasteiger partial charge in [0, 0.05) is 17.8 Å². The summed E-state index contributed by atoms with van der Waals surface area (Å²) in [6, 6.07) is 3.54. The van der Waals surface area contributed by atoms with Crippen LogP contribution in [0.3, 0.4) is 0 Å². The fraction of sp³-hybridized carbons (Fsp3) is 0.100. The Bertz CT molecular complexity index is 635. The molecule has 0 aliphatic rings. The van der Waals surface area contributed by atoms with Crippen molar-refractivity contribution in [3.63, 3.8) is 0 Å². The van der Waals surface area contributed by atoms with Crippen LogP contribution >= 0.6 is 11.7 Å². The normalized spacial score (nSPS) is 10.5. The average Bonchev–Trinajstić information content (AvgIpc) is 3.09. The Morgan fingerprint density at radius 1 is 1.28 bits per heavy atom. The fourth-order valence-electron chi connectivity index (χ4n) is 1.34. The van der Waals surface area contributed by atoms with Gasteiger partial charge in [-0.15, -0.1) is 0 Å². The van der Waals surface area contributed by atoms with Gasteiger partial charge in [-0.1, -0.05) is 5.16 Å². The SMILES string of the molecule is COc1ccc(-c2noc(-c3cnsn3)n2)cn1. The van der Waals surface area contributed by atoms with Crippen molar-refractivity contribution in [1.82, 2.24) is 23.9 Å². The minimum absolute atomic E-state index is 0.342. The van der Waals surface area contributed by atoms with Gasteiger partial charge in [0.05, 0.1) is 25.0 Å². The second kappa shape index (κ2) is 4.49. The van der Waals surface area contributed by atoms with E-state index in [1.54, 1.807) is 31.6 Å². The summed E-state index contributed by atoms with van der Waals surface area (Å²) < 4.78 is 18.0. The van der Waals surface area contributed by atoms with E-state index in [2.05, 4.69) is 23.9 Å². The third-order valence-corrected chi connectivity index (χ3v) is 2.69. The summed E-state index contributed by atoms with van der Waals surface area (Å²) in [6.07, 6.45) is 3.20. The van der Waals surface area contributed by atoms with Crippen molar-refractivity contribution in [3.8, 4) is 28.9 Å². The lowest BCUT2D eigenvalue weighted by molar-refractivity contribution is 0.398. The maximum atomic E-state index is 5.10. The molecule has 0 amide bonds. The maximum absolute atomic E-state index is 5.10. The highest BCUT2D eigenvalue weighted by Crippen LogP contribution is 2.21. The number of hydrogen-bond acceptors (Lipinski definition) is 8. The van der Waals surface area contributed by atoms with Gasteiger partial charge in [0.2, 0.25) is 11.7 Å². The van der Waals surface area contributed by atoms with Crippen molar-refractivity contribution in [2.75, 3.05) is 7.11 Å². The molecular weight excluding hydrogens is 254 g/mol. The minimum Gasteiger partial charge on any atom is -0.481 e. The predicted molar refractivity (Wildman–Crippen MR) is 63.0 cm³/mol. The van der Waals surface area contributed by atoms with Crippen LogP contribution in [-0.2, 0) is 0 Å². The number of rotatable bonds is 3. The summed E-state index contributed by atoms with van der Waals surface area (Å²) in [5.41, 5.74) is 1.31. The van der Waals surface area contributed by atoms with E-state index in [9.17, 15) is 0 Å². The quantitative estimate of drug-likeness (QED) is 0.708. The number of hydrogen-bond donors (Lipinski definition) is 0. The van der Waals surface area contributed by atoms with Gasteiger partial charge < -0.3 is 9.26 Å². The zero-order valence-corrected chi connectivity index (χ0v) is 10.1. The van der Waals surface area contributed by atoms with E-state index >= 15 is 0 Å². The zero-order valence-electron chi connectivity index (χ0n) is 9.27. The molecule has 0 aromatic carbocycles. The number of methoxy groups -OCH3 is 1.